The van der Waals surface area contributed by atoms with E-state index in [-0.39, 0.29) is 22.6 Å². The molecule has 0 heterocycles. The molecule has 0 aliphatic heterocycles. The lowest BCUT2D eigenvalue weighted by molar-refractivity contribution is -0.0666. The molecule has 2 unspecified atom stereocenters. The normalized spacial score (nSPS) is 29.0. The van der Waals surface area contributed by atoms with Crippen LogP contribution in [0.2, 0.25) is 0 Å². The number of hydrogen-bond acceptors (Lipinski definition) is 1. The number of rotatable bonds is 2. The summed E-state index contributed by atoms with van der Waals surface area (Å²) in [7, 11) is 0. The highest BCUT2D eigenvalue weighted by Crippen LogP contribution is 2.55. The molecule has 0 aromatic heterocycles. The van der Waals surface area contributed by atoms with E-state index >= 15 is 0 Å². The van der Waals surface area contributed by atoms with E-state index in [1.165, 1.54) is 6.42 Å². The molecule has 2 fully saturated rings. The van der Waals surface area contributed by atoms with E-state index < -0.39 is 11.6 Å². The Morgan fingerprint density at radius 3 is 2.58 bits per heavy atom. The van der Waals surface area contributed by atoms with Gasteiger partial charge in [-0.25, -0.2) is 8.78 Å². The third kappa shape index (κ3) is 2.22. The van der Waals surface area contributed by atoms with Gasteiger partial charge in [-0.15, -0.1) is 11.6 Å². The standard InChI is InChI=1S/C15H17ClF2O/c16-13-9-14(15(13)6-2-1-3-7-15)19-12-8-10(17)4-5-11(12)18/h4-5,8,13-14H,1-3,6-7,9H2. The molecule has 1 aromatic carbocycles. The van der Waals surface area contributed by atoms with E-state index in [1.807, 2.05) is 0 Å². The first-order chi connectivity index (χ1) is 9.12. The fourth-order valence-corrected chi connectivity index (χ4v) is 3.95. The van der Waals surface area contributed by atoms with Crippen LogP contribution in [-0.4, -0.2) is 11.5 Å². The second-order valence-electron chi connectivity index (χ2n) is 5.68. The van der Waals surface area contributed by atoms with Gasteiger partial charge in [-0.2, -0.15) is 0 Å². The molecule has 2 atom stereocenters. The van der Waals surface area contributed by atoms with Crippen molar-refractivity contribution >= 4 is 11.6 Å². The zero-order valence-electron chi connectivity index (χ0n) is 10.7. The third-order valence-corrected chi connectivity index (χ3v) is 5.25. The van der Waals surface area contributed by atoms with Crippen molar-refractivity contribution in [2.24, 2.45) is 5.41 Å². The number of ether oxygens (including phenoxy) is 1. The summed E-state index contributed by atoms with van der Waals surface area (Å²) in [5.74, 6) is -0.972. The quantitative estimate of drug-likeness (QED) is 0.718. The third-order valence-electron chi connectivity index (χ3n) is 4.63. The maximum absolute atomic E-state index is 13.6. The monoisotopic (exact) mass is 286 g/mol. The minimum absolute atomic E-state index is 0.0125. The van der Waals surface area contributed by atoms with Gasteiger partial charge >= 0.3 is 0 Å². The summed E-state index contributed by atoms with van der Waals surface area (Å²) in [6.45, 7) is 0. The van der Waals surface area contributed by atoms with Gasteiger partial charge in [0.15, 0.2) is 11.6 Å². The average Bonchev–Trinajstić information content (AvgIpc) is 2.43. The highest BCUT2D eigenvalue weighted by Gasteiger charge is 2.56. The molecule has 2 aliphatic carbocycles. The van der Waals surface area contributed by atoms with Crippen molar-refractivity contribution in [1.82, 2.24) is 0 Å². The smallest absolute Gasteiger partial charge is 0.165 e. The van der Waals surface area contributed by atoms with E-state index in [4.69, 9.17) is 16.3 Å². The molecule has 0 bridgehead atoms. The minimum Gasteiger partial charge on any atom is -0.487 e. The highest BCUT2D eigenvalue weighted by atomic mass is 35.5. The van der Waals surface area contributed by atoms with Gasteiger partial charge in [0, 0.05) is 23.3 Å². The van der Waals surface area contributed by atoms with Gasteiger partial charge in [-0.1, -0.05) is 19.3 Å². The largest absolute Gasteiger partial charge is 0.487 e. The Hall–Kier alpha value is -0.830. The van der Waals surface area contributed by atoms with Crippen LogP contribution < -0.4 is 4.74 Å². The number of benzene rings is 1. The van der Waals surface area contributed by atoms with Crippen molar-refractivity contribution in [2.45, 2.75) is 50.0 Å². The van der Waals surface area contributed by atoms with Gasteiger partial charge in [0.2, 0.25) is 0 Å². The van der Waals surface area contributed by atoms with Crippen LogP contribution in [0.3, 0.4) is 0 Å². The Kier molecular flexibility index (Phi) is 3.42. The lowest BCUT2D eigenvalue weighted by atomic mass is 9.58. The van der Waals surface area contributed by atoms with E-state index in [0.717, 1.165) is 50.3 Å². The maximum atomic E-state index is 13.6. The summed E-state index contributed by atoms with van der Waals surface area (Å²) in [5.41, 5.74) is -0.0292. The van der Waals surface area contributed by atoms with Crippen molar-refractivity contribution in [3.05, 3.63) is 29.8 Å². The second-order valence-corrected chi connectivity index (χ2v) is 6.21. The predicted molar refractivity (Wildman–Crippen MR) is 70.6 cm³/mol. The fourth-order valence-electron chi connectivity index (χ4n) is 3.43. The van der Waals surface area contributed by atoms with Crippen LogP contribution in [-0.2, 0) is 0 Å². The van der Waals surface area contributed by atoms with Crippen molar-refractivity contribution in [3.8, 4) is 5.75 Å². The Morgan fingerprint density at radius 1 is 1.16 bits per heavy atom. The molecular formula is C15H17ClF2O. The summed E-state index contributed by atoms with van der Waals surface area (Å²) >= 11 is 6.37. The van der Waals surface area contributed by atoms with Crippen LogP contribution in [0.1, 0.15) is 38.5 Å². The molecule has 2 saturated carbocycles. The zero-order valence-corrected chi connectivity index (χ0v) is 11.4. The van der Waals surface area contributed by atoms with E-state index in [9.17, 15) is 8.78 Å². The molecule has 104 valence electrons. The van der Waals surface area contributed by atoms with Crippen LogP contribution in [0, 0.1) is 17.0 Å². The first kappa shape index (κ1) is 13.2. The Labute approximate surface area is 116 Å². The summed E-state index contributed by atoms with van der Waals surface area (Å²) in [4.78, 5) is 0. The topological polar surface area (TPSA) is 9.23 Å². The Bertz CT molecular complexity index is 471. The van der Waals surface area contributed by atoms with Crippen LogP contribution in [0.25, 0.3) is 0 Å². The van der Waals surface area contributed by atoms with Gasteiger partial charge < -0.3 is 4.74 Å². The van der Waals surface area contributed by atoms with Crippen molar-refractivity contribution in [3.63, 3.8) is 0 Å². The molecule has 2 aliphatic rings. The second kappa shape index (κ2) is 4.93. The summed E-state index contributed by atoms with van der Waals surface area (Å²) in [6, 6.07) is 3.33. The lowest BCUT2D eigenvalue weighted by Gasteiger charge is -2.55. The summed E-state index contributed by atoms with van der Waals surface area (Å²) in [5, 5.41) is 0.106. The fraction of sp³-hybridized carbons (Fsp3) is 0.600. The van der Waals surface area contributed by atoms with Crippen molar-refractivity contribution in [1.29, 1.82) is 0 Å². The molecule has 0 saturated heterocycles. The van der Waals surface area contributed by atoms with Gasteiger partial charge in [-0.3, -0.25) is 0 Å². The average molecular weight is 287 g/mol. The molecule has 0 N–H and O–H groups in total. The van der Waals surface area contributed by atoms with Gasteiger partial charge in [0.1, 0.15) is 11.9 Å². The first-order valence-corrected chi connectivity index (χ1v) is 7.31. The van der Waals surface area contributed by atoms with Crippen LogP contribution >= 0.6 is 11.6 Å². The van der Waals surface area contributed by atoms with Gasteiger partial charge in [0.25, 0.3) is 0 Å². The number of alkyl halides is 1. The van der Waals surface area contributed by atoms with E-state index in [2.05, 4.69) is 0 Å². The van der Waals surface area contributed by atoms with E-state index in [1.54, 1.807) is 0 Å². The maximum Gasteiger partial charge on any atom is 0.165 e. The SMILES string of the molecule is Fc1ccc(F)c(OC2CC(Cl)C23CCCCC3)c1. The molecule has 1 spiro atoms. The molecule has 3 rings (SSSR count). The van der Waals surface area contributed by atoms with Crippen molar-refractivity contribution < 1.29 is 13.5 Å². The molecular weight excluding hydrogens is 270 g/mol. The van der Waals surface area contributed by atoms with Crippen LogP contribution in [0.4, 0.5) is 8.78 Å². The lowest BCUT2D eigenvalue weighted by Crippen LogP contribution is -2.58. The summed E-state index contributed by atoms with van der Waals surface area (Å²) in [6.07, 6.45) is 6.23. The molecule has 1 aromatic rings. The molecule has 19 heavy (non-hydrogen) atoms. The first-order valence-electron chi connectivity index (χ1n) is 6.87. The van der Waals surface area contributed by atoms with Crippen molar-refractivity contribution in [2.75, 3.05) is 0 Å². The van der Waals surface area contributed by atoms with E-state index in [0.29, 0.717) is 0 Å². The molecule has 1 nitrogen and oxygen atoms in total. The molecule has 0 amide bonds. The zero-order chi connectivity index (χ0) is 13.5. The number of hydrogen-bond donors (Lipinski definition) is 0. The van der Waals surface area contributed by atoms with Crippen LogP contribution in [0.5, 0.6) is 5.75 Å². The minimum atomic E-state index is -0.509. The van der Waals surface area contributed by atoms with Gasteiger partial charge in [-0.05, 0) is 25.0 Å². The Balaban J connectivity index is 1.78. The highest BCUT2D eigenvalue weighted by molar-refractivity contribution is 6.21. The number of halogens is 3. The molecule has 4 heteroatoms. The molecule has 0 radical (unpaired) electrons. The van der Waals surface area contributed by atoms with Gasteiger partial charge in [0.05, 0.1) is 0 Å². The summed E-state index contributed by atoms with van der Waals surface area (Å²) < 4.78 is 32.5. The van der Waals surface area contributed by atoms with Crippen LogP contribution in [0.15, 0.2) is 18.2 Å². The Morgan fingerprint density at radius 2 is 1.89 bits per heavy atom. The predicted octanol–water partition coefficient (Wildman–Crippen LogP) is 4.67.